The monoisotopic (exact) mass is 506 g/mol. The van der Waals surface area contributed by atoms with Gasteiger partial charge in [-0.15, -0.1) is 5.10 Å². The molecule has 4 rings (SSSR count). The molecule has 0 atom stereocenters. The molecule has 14 heteroatoms. The Bertz CT molecular complexity index is 1450. The topological polar surface area (TPSA) is 182 Å². The molecule has 2 aromatic heterocycles. The van der Waals surface area contributed by atoms with Gasteiger partial charge in [-0.3, -0.25) is 9.59 Å². The molecule has 0 saturated carbocycles. The number of hydrazone groups is 1. The maximum atomic E-state index is 13.0. The molecule has 0 aliphatic rings. The standard InChI is InChI=1S/C23H22N8O6/c1-12-5-7-15(8-6-12)19-18(26-30-31(19)22-21(24)28-37-29-22)23(33)27-25-11-14-9-16(34-3)20(36-13(2)32)17(10-14)35-4/h5-11H,1-4H3,(H2,24,28)(H,27,33)/b25-11-. The third-order valence-corrected chi connectivity index (χ3v) is 5.01. The van der Waals surface area contributed by atoms with Crippen molar-refractivity contribution in [2.75, 3.05) is 20.0 Å². The lowest BCUT2D eigenvalue weighted by atomic mass is 10.1. The van der Waals surface area contributed by atoms with E-state index >= 15 is 0 Å². The van der Waals surface area contributed by atoms with Crippen molar-refractivity contribution in [3.63, 3.8) is 0 Å². The largest absolute Gasteiger partial charge is 0.493 e. The molecule has 190 valence electrons. The summed E-state index contributed by atoms with van der Waals surface area (Å²) in [6.07, 6.45) is 1.36. The van der Waals surface area contributed by atoms with Crippen molar-refractivity contribution in [1.82, 2.24) is 30.7 Å². The van der Waals surface area contributed by atoms with E-state index in [1.807, 2.05) is 19.1 Å². The zero-order valence-corrected chi connectivity index (χ0v) is 20.3. The third-order valence-electron chi connectivity index (χ3n) is 5.01. The van der Waals surface area contributed by atoms with E-state index in [9.17, 15) is 9.59 Å². The number of methoxy groups -OCH3 is 2. The number of nitrogens with zero attached hydrogens (tertiary/aromatic N) is 6. The van der Waals surface area contributed by atoms with Crippen molar-refractivity contribution >= 4 is 23.9 Å². The Kier molecular flexibility index (Phi) is 7.09. The quantitative estimate of drug-likeness (QED) is 0.154. The van der Waals surface area contributed by atoms with Crippen molar-refractivity contribution in [2.24, 2.45) is 5.10 Å². The van der Waals surface area contributed by atoms with Gasteiger partial charge in [0.05, 0.1) is 20.4 Å². The lowest BCUT2D eigenvalue weighted by molar-refractivity contribution is -0.132. The normalized spacial score (nSPS) is 10.9. The first kappa shape index (κ1) is 24.8. The molecule has 3 N–H and O–H groups in total. The summed E-state index contributed by atoms with van der Waals surface area (Å²) in [6.45, 7) is 3.20. The van der Waals surface area contributed by atoms with E-state index in [0.717, 1.165) is 5.56 Å². The highest BCUT2D eigenvalue weighted by Crippen LogP contribution is 2.38. The Labute approximate surface area is 210 Å². The molecular weight excluding hydrogens is 484 g/mol. The van der Waals surface area contributed by atoms with Crippen molar-refractivity contribution in [3.8, 4) is 34.3 Å². The minimum atomic E-state index is -0.649. The zero-order chi connectivity index (χ0) is 26.5. The van der Waals surface area contributed by atoms with Gasteiger partial charge in [0.2, 0.25) is 17.4 Å². The summed E-state index contributed by atoms with van der Waals surface area (Å²) in [5, 5.41) is 19.3. The number of anilines is 1. The molecule has 1 amide bonds. The Hall–Kier alpha value is -5.27. The van der Waals surface area contributed by atoms with Gasteiger partial charge in [-0.25, -0.2) is 10.1 Å². The Morgan fingerprint density at radius 2 is 1.78 bits per heavy atom. The van der Waals surface area contributed by atoms with Gasteiger partial charge in [-0.1, -0.05) is 35.0 Å². The summed E-state index contributed by atoms with van der Waals surface area (Å²) in [6, 6.07) is 10.5. The van der Waals surface area contributed by atoms with Crippen LogP contribution in [0.3, 0.4) is 0 Å². The first-order valence-corrected chi connectivity index (χ1v) is 10.7. The number of nitrogen functional groups attached to an aromatic ring is 1. The van der Waals surface area contributed by atoms with Crippen molar-refractivity contribution < 1.29 is 28.4 Å². The number of esters is 1. The highest BCUT2D eigenvalue weighted by molar-refractivity contribution is 5.99. The summed E-state index contributed by atoms with van der Waals surface area (Å²) in [5.41, 5.74) is 10.7. The van der Waals surface area contributed by atoms with Gasteiger partial charge in [-0.2, -0.15) is 9.78 Å². The van der Waals surface area contributed by atoms with Crippen molar-refractivity contribution in [1.29, 1.82) is 0 Å². The van der Waals surface area contributed by atoms with Crippen LogP contribution in [-0.4, -0.2) is 57.6 Å². The predicted octanol–water partition coefficient (Wildman–Crippen LogP) is 1.91. The Morgan fingerprint density at radius 3 is 2.35 bits per heavy atom. The maximum absolute atomic E-state index is 13.0. The van der Waals surface area contributed by atoms with Gasteiger partial charge >= 0.3 is 5.97 Å². The van der Waals surface area contributed by atoms with E-state index in [1.165, 1.54) is 32.0 Å². The number of hydrogen-bond acceptors (Lipinski definition) is 12. The van der Waals surface area contributed by atoms with Gasteiger partial charge in [0.25, 0.3) is 5.91 Å². The SMILES string of the molecule is COc1cc(/C=N\NC(=O)c2nnn(-c3nonc3N)c2-c2ccc(C)cc2)cc(OC)c1OC(C)=O. The first-order chi connectivity index (χ1) is 17.8. The van der Waals surface area contributed by atoms with Crippen LogP contribution >= 0.6 is 0 Å². The Balaban J connectivity index is 1.64. The number of aryl methyl sites for hydroxylation is 1. The second-order valence-electron chi connectivity index (χ2n) is 7.58. The van der Waals surface area contributed by atoms with Crippen molar-refractivity contribution in [2.45, 2.75) is 13.8 Å². The highest BCUT2D eigenvalue weighted by Gasteiger charge is 2.25. The van der Waals surface area contributed by atoms with E-state index in [4.69, 9.17) is 19.9 Å². The van der Waals surface area contributed by atoms with E-state index in [-0.39, 0.29) is 34.6 Å². The van der Waals surface area contributed by atoms with E-state index in [0.29, 0.717) is 16.8 Å². The number of hydrogen-bond donors (Lipinski definition) is 2. The van der Waals surface area contributed by atoms with Crippen LogP contribution in [0, 0.1) is 6.92 Å². The molecule has 0 bridgehead atoms. The molecule has 0 spiro atoms. The molecule has 2 heterocycles. The summed E-state index contributed by atoms with van der Waals surface area (Å²) in [7, 11) is 2.83. The average molecular weight is 506 g/mol. The van der Waals surface area contributed by atoms with Gasteiger partial charge < -0.3 is 19.9 Å². The van der Waals surface area contributed by atoms with Gasteiger partial charge in [0.15, 0.2) is 17.2 Å². The molecule has 0 aliphatic heterocycles. The van der Waals surface area contributed by atoms with Gasteiger partial charge in [0.1, 0.15) is 5.69 Å². The molecule has 4 aromatic rings. The van der Waals surface area contributed by atoms with Crippen molar-refractivity contribution in [3.05, 3.63) is 53.2 Å². The third kappa shape index (κ3) is 5.22. The number of nitrogens with two attached hydrogens (primary N) is 1. The molecular formula is C23H22N8O6. The van der Waals surface area contributed by atoms with Crippen LogP contribution in [0.2, 0.25) is 0 Å². The lowest BCUT2D eigenvalue weighted by Crippen LogP contribution is -2.19. The first-order valence-electron chi connectivity index (χ1n) is 10.7. The molecule has 2 aromatic carbocycles. The molecule has 37 heavy (non-hydrogen) atoms. The van der Waals surface area contributed by atoms with E-state index in [2.05, 4.69) is 35.8 Å². The second kappa shape index (κ2) is 10.6. The maximum Gasteiger partial charge on any atom is 0.308 e. The van der Waals surface area contributed by atoms with Crippen LogP contribution in [0.15, 0.2) is 46.1 Å². The van der Waals surface area contributed by atoms with Gasteiger partial charge in [0, 0.05) is 18.1 Å². The number of benzene rings is 2. The van der Waals surface area contributed by atoms with Crippen LogP contribution in [0.1, 0.15) is 28.5 Å². The Morgan fingerprint density at radius 1 is 1.11 bits per heavy atom. The minimum absolute atomic E-state index is 0.0247. The zero-order valence-electron chi connectivity index (χ0n) is 20.3. The lowest BCUT2D eigenvalue weighted by Gasteiger charge is -2.13. The number of carbonyl (C=O) groups is 2. The summed E-state index contributed by atoms with van der Waals surface area (Å²) >= 11 is 0. The van der Waals surface area contributed by atoms with Crippen LogP contribution in [0.4, 0.5) is 5.82 Å². The van der Waals surface area contributed by atoms with Crippen LogP contribution in [0.25, 0.3) is 17.1 Å². The smallest absolute Gasteiger partial charge is 0.308 e. The molecule has 0 unspecified atom stereocenters. The molecule has 0 saturated heterocycles. The van der Waals surface area contributed by atoms with Crippen LogP contribution < -0.4 is 25.4 Å². The fraction of sp³-hybridized carbons (Fsp3) is 0.174. The predicted molar refractivity (Wildman–Crippen MR) is 130 cm³/mol. The number of nitrogens with one attached hydrogen (secondary N) is 1. The number of amides is 1. The van der Waals surface area contributed by atoms with Gasteiger partial charge in [-0.05, 0) is 29.4 Å². The van der Waals surface area contributed by atoms with Crippen LogP contribution in [0.5, 0.6) is 17.2 Å². The van der Waals surface area contributed by atoms with E-state index < -0.39 is 11.9 Å². The number of aromatic nitrogens is 5. The number of carbonyl (C=O) groups excluding carboxylic acids is 2. The average Bonchev–Trinajstić information content (AvgIpc) is 3.50. The summed E-state index contributed by atoms with van der Waals surface area (Å²) in [4.78, 5) is 24.5. The number of ether oxygens (including phenoxy) is 3. The minimum Gasteiger partial charge on any atom is -0.493 e. The molecule has 0 radical (unpaired) electrons. The van der Waals surface area contributed by atoms with Crippen LogP contribution in [-0.2, 0) is 4.79 Å². The number of rotatable bonds is 8. The molecule has 0 fully saturated rings. The fourth-order valence-electron chi connectivity index (χ4n) is 3.33. The fourth-order valence-corrected chi connectivity index (χ4v) is 3.33. The second-order valence-corrected chi connectivity index (χ2v) is 7.58. The highest BCUT2D eigenvalue weighted by atomic mass is 16.6. The molecule has 0 aliphatic carbocycles. The van der Waals surface area contributed by atoms with E-state index in [1.54, 1.807) is 24.3 Å². The summed E-state index contributed by atoms with van der Waals surface area (Å²) < 4.78 is 21.7. The summed E-state index contributed by atoms with van der Waals surface area (Å²) in [5.74, 6) is -0.522. The molecule has 14 nitrogen and oxygen atoms in total.